The quantitative estimate of drug-likeness (QED) is 0.779. The highest BCUT2D eigenvalue weighted by Crippen LogP contribution is 2.53. The zero-order valence-electron chi connectivity index (χ0n) is 9.52. The average molecular weight is 339 g/mol. The fourth-order valence-electron chi connectivity index (χ4n) is 1.37. The average Bonchev–Trinajstić information content (AvgIpc) is 2.45. The molecule has 8 heteroatoms. The molecule has 98 valence electrons. The lowest BCUT2D eigenvalue weighted by Crippen LogP contribution is -2.30. The van der Waals surface area contributed by atoms with Gasteiger partial charge in [0.1, 0.15) is 5.69 Å². The third-order valence-corrected chi connectivity index (χ3v) is 4.55. The molecule has 1 heterocycles. The number of hydrogen-bond donors (Lipinski definition) is 0. The Kier molecular flexibility index (Phi) is 4.88. The number of halogens is 5. The van der Waals surface area contributed by atoms with E-state index in [0.29, 0.717) is 12.3 Å². The van der Waals surface area contributed by atoms with Crippen molar-refractivity contribution in [3.8, 4) is 0 Å². The number of aromatic nitrogens is 3. The maximum absolute atomic E-state index is 6.09. The van der Waals surface area contributed by atoms with Gasteiger partial charge in [-0.2, -0.15) is 0 Å². The van der Waals surface area contributed by atoms with Crippen LogP contribution >= 0.6 is 58.0 Å². The van der Waals surface area contributed by atoms with Gasteiger partial charge in [0.05, 0.1) is 5.69 Å². The van der Waals surface area contributed by atoms with Crippen molar-refractivity contribution in [2.75, 3.05) is 0 Å². The van der Waals surface area contributed by atoms with Gasteiger partial charge >= 0.3 is 0 Å². The molecule has 0 saturated carbocycles. The second kappa shape index (κ2) is 5.30. The van der Waals surface area contributed by atoms with Gasteiger partial charge in [0.2, 0.25) is 8.13 Å². The molecule has 0 amide bonds. The van der Waals surface area contributed by atoms with Gasteiger partial charge in [-0.1, -0.05) is 77.1 Å². The van der Waals surface area contributed by atoms with Crippen molar-refractivity contribution >= 4 is 58.0 Å². The fourth-order valence-corrected chi connectivity index (χ4v) is 1.93. The molecule has 3 nitrogen and oxygen atoms in total. The summed E-state index contributed by atoms with van der Waals surface area (Å²) in [5.41, 5.74) is 1.05. The molecule has 0 bridgehead atoms. The molecule has 0 saturated heterocycles. The Morgan fingerprint density at radius 2 is 1.71 bits per heavy atom. The van der Waals surface area contributed by atoms with Crippen molar-refractivity contribution in [2.24, 2.45) is 13.0 Å². The smallest absolute Gasteiger partial charge is 0.228 e. The number of nitrogens with zero attached hydrogens (tertiary/aromatic N) is 3. The Balaban J connectivity index is 3.23. The summed E-state index contributed by atoms with van der Waals surface area (Å²) < 4.78 is -2.01. The Morgan fingerprint density at radius 1 is 1.18 bits per heavy atom. The highest BCUT2D eigenvalue weighted by atomic mass is 35.6. The standard InChI is InChI=1S/C9H12Cl5N3/c1-5(2)4-6-7(15-16-17(6)3)8(10,11)9(12,13)14/h5H,4H2,1-3H3. The largest absolute Gasteiger partial charge is 0.252 e. The molecule has 0 N–H and O–H groups in total. The first-order valence-corrected chi connectivity index (χ1v) is 6.80. The SMILES string of the molecule is CC(C)Cc1c(C(Cl)(Cl)C(Cl)(Cl)Cl)nnn1C. The zero-order valence-corrected chi connectivity index (χ0v) is 13.3. The molecule has 0 aliphatic carbocycles. The molecular weight excluding hydrogens is 327 g/mol. The Labute approximate surface area is 125 Å². The summed E-state index contributed by atoms with van der Waals surface area (Å²) >= 11 is 29.5. The Hall–Kier alpha value is 0.590. The first-order chi connectivity index (χ1) is 7.57. The third kappa shape index (κ3) is 3.32. The van der Waals surface area contributed by atoms with Crippen LogP contribution in [0.3, 0.4) is 0 Å². The predicted molar refractivity (Wildman–Crippen MR) is 73.2 cm³/mol. The van der Waals surface area contributed by atoms with Gasteiger partial charge < -0.3 is 0 Å². The van der Waals surface area contributed by atoms with E-state index in [9.17, 15) is 0 Å². The van der Waals surface area contributed by atoms with Crippen LogP contribution < -0.4 is 0 Å². The van der Waals surface area contributed by atoms with E-state index in [4.69, 9.17) is 58.0 Å². The monoisotopic (exact) mass is 337 g/mol. The van der Waals surface area contributed by atoms with Crippen molar-refractivity contribution in [3.05, 3.63) is 11.4 Å². The van der Waals surface area contributed by atoms with Gasteiger partial charge in [0.25, 0.3) is 0 Å². The van der Waals surface area contributed by atoms with E-state index < -0.39 is 8.13 Å². The minimum atomic E-state index is -1.88. The van der Waals surface area contributed by atoms with E-state index in [-0.39, 0.29) is 5.69 Å². The topological polar surface area (TPSA) is 30.7 Å². The lowest BCUT2D eigenvalue weighted by molar-refractivity contribution is 0.586. The fraction of sp³-hybridized carbons (Fsp3) is 0.778. The van der Waals surface area contributed by atoms with Crippen LogP contribution in [0.15, 0.2) is 0 Å². The molecule has 1 aromatic heterocycles. The summed E-state index contributed by atoms with van der Waals surface area (Å²) in [6.07, 6.45) is 0.695. The molecule has 0 aliphatic rings. The molecule has 0 radical (unpaired) electrons. The van der Waals surface area contributed by atoms with Crippen LogP contribution in [0, 0.1) is 5.92 Å². The van der Waals surface area contributed by atoms with Crippen molar-refractivity contribution in [1.29, 1.82) is 0 Å². The van der Waals surface area contributed by atoms with E-state index in [1.165, 1.54) is 0 Å². The number of aryl methyl sites for hydroxylation is 1. The van der Waals surface area contributed by atoms with Gasteiger partial charge in [0.15, 0.2) is 0 Å². The van der Waals surface area contributed by atoms with Crippen LogP contribution in [0.1, 0.15) is 25.2 Å². The maximum atomic E-state index is 6.09. The molecule has 0 unspecified atom stereocenters. The van der Waals surface area contributed by atoms with E-state index in [2.05, 4.69) is 24.2 Å². The summed E-state index contributed by atoms with van der Waals surface area (Å²) in [5.74, 6) is 0.380. The number of rotatable bonds is 3. The molecule has 0 aliphatic heterocycles. The summed E-state index contributed by atoms with van der Waals surface area (Å²) in [4.78, 5) is 0. The first-order valence-electron chi connectivity index (χ1n) is 4.91. The van der Waals surface area contributed by atoms with Crippen LogP contribution in [-0.4, -0.2) is 18.8 Å². The van der Waals surface area contributed by atoms with Crippen LogP contribution in [0.25, 0.3) is 0 Å². The lowest BCUT2D eigenvalue weighted by atomic mass is 10.1. The first kappa shape index (κ1) is 15.6. The highest BCUT2D eigenvalue weighted by molar-refractivity contribution is 6.75. The van der Waals surface area contributed by atoms with Crippen molar-refractivity contribution in [2.45, 2.75) is 28.4 Å². The molecule has 1 aromatic rings. The minimum absolute atomic E-state index is 0.289. The molecule has 17 heavy (non-hydrogen) atoms. The van der Waals surface area contributed by atoms with Gasteiger partial charge in [-0.25, -0.2) is 0 Å². The molecule has 0 aromatic carbocycles. The molecular formula is C9H12Cl5N3. The van der Waals surface area contributed by atoms with Gasteiger partial charge in [-0.15, -0.1) is 5.10 Å². The Bertz CT molecular complexity index is 394. The minimum Gasteiger partial charge on any atom is -0.252 e. The summed E-state index contributed by atoms with van der Waals surface area (Å²) in [6, 6.07) is 0. The molecule has 0 fully saturated rings. The van der Waals surface area contributed by atoms with Crippen molar-refractivity contribution in [3.63, 3.8) is 0 Å². The maximum Gasteiger partial charge on any atom is 0.228 e. The second-order valence-electron chi connectivity index (χ2n) is 4.18. The summed E-state index contributed by atoms with van der Waals surface area (Å²) in [6.45, 7) is 4.10. The summed E-state index contributed by atoms with van der Waals surface area (Å²) in [7, 11) is 1.75. The van der Waals surface area contributed by atoms with E-state index >= 15 is 0 Å². The van der Waals surface area contributed by atoms with E-state index in [1.54, 1.807) is 11.7 Å². The lowest BCUT2D eigenvalue weighted by Gasteiger charge is -2.26. The van der Waals surface area contributed by atoms with Gasteiger partial charge in [0, 0.05) is 7.05 Å². The summed E-state index contributed by atoms with van der Waals surface area (Å²) in [5, 5.41) is 7.77. The highest BCUT2D eigenvalue weighted by Gasteiger charge is 2.51. The van der Waals surface area contributed by atoms with Crippen molar-refractivity contribution in [1.82, 2.24) is 15.0 Å². The second-order valence-corrected chi connectivity index (χ2v) is 7.79. The van der Waals surface area contributed by atoms with Crippen LogP contribution in [0.4, 0.5) is 0 Å². The van der Waals surface area contributed by atoms with Crippen LogP contribution in [-0.2, 0) is 17.8 Å². The number of alkyl halides is 5. The van der Waals surface area contributed by atoms with Crippen LogP contribution in [0.2, 0.25) is 0 Å². The molecule has 0 spiro atoms. The Morgan fingerprint density at radius 3 is 2.12 bits per heavy atom. The van der Waals surface area contributed by atoms with E-state index in [1.807, 2.05) is 0 Å². The van der Waals surface area contributed by atoms with Crippen molar-refractivity contribution < 1.29 is 0 Å². The zero-order chi connectivity index (χ0) is 13.4. The van der Waals surface area contributed by atoms with Crippen LogP contribution in [0.5, 0.6) is 0 Å². The number of hydrogen-bond acceptors (Lipinski definition) is 2. The van der Waals surface area contributed by atoms with Gasteiger partial charge in [-0.05, 0) is 12.3 Å². The molecule has 1 rings (SSSR count). The predicted octanol–water partition coefficient (Wildman–Crippen LogP) is 4.01. The molecule has 0 atom stereocenters. The third-order valence-electron chi connectivity index (χ3n) is 2.20. The van der Waals surface area contributed by atoms with Gasteiger partial charge in [-0.3, -0.25) is 4.68 Å². The van der Waals surface area contributed by atoms with E-state index in [0.717, 1.165) is 5.69 Å². The normalized spacial score (nSPS) is 13.5.